The Morgan fingerprint density at radius 2 is 1.23 bits per heavy atom. The van der Waals surface area contributed by atoms with Gasteiger partial charge in [-0.15, -0.1) is 0 Å². The van der Waals surface area contributed by atoms with E-state index in [0.717, 1.165) is 11.5 Å². The van der Waals surface area contributed by atoms with Crippen LogP contribution in [0.5, 0.6) is 11.5 Å². The van der Waals surface area contributed by atoms with Crippen molar-refractivity contribution in [1.82, 2.24) is 0 Å². The average molecular weight is 314 g/mol. The van der Waals surface area contributed by atoms with E-state index >= 15 is 0 Å². The molecule has 1 fully saturated rings. The first-order valence-electron chi connectivity index (χ1n) is 8.00. The number of hydrogen-bond acceptors (Lipinski definition) is 2. The molecule has 0 aliphatic heterocycles. The highest BCUT2D eigenvalue weighted by Crippen LogP contribution is 2.51. The van der Waals surface area contributed by atoms with Crippen LogP contribution in [-0.2, 0) is 0 Å². The van der Waals surface area contributed by atoms with E-state index < -0.39 is 8.38 Å². The van der Waals surface area contributed by atoms with Crippen molar-refractivity contribution in [3.05, 3.63) is 59.7 Å². The zero-order chi connectivity index (χ0) is 15.4. The molecule has 1 aliphatic rings. The Kier molecular flexibility index (Phi) is 5.00. The van der Waals surface area contributed by atoms with Gasteiger partial charge in [-0.25, -0.2) is 0 Å². The van der Waals surface area contributed by atoms with Crippen LogP contribution in [0.2, 0.25) is 0 Å². The SMILES string of the molecule is Cc1ccccc1OP(Oc1ccccc1C)C1CCCC1. The standard InChI is InChI=1S/C19H23O2P/c1-15-9-3-7-13-18(15)20-22(17-11-5-6-12-17)21-19-14-8-4-10-16(19)2/h3-4,7-10,13-14,17H,5-6,11-12H2,1-2H3. The molecule has 0 amide bonds. The van der Waals surface area contributed by atoms with Gasteiger partial charge in [-0.1, -0.05) is 49.2 Å². The first kappa shape index (κ1) is 15.4. The maximum atomic E-state index is 6.33. The molecule has 22 heavy (non-hydrogen) atoms. The summed E-state index contributed by atoms with van der Waals surface area (Å²) in [6, 6.07) is 16.4. The molecule has 1 saturated carbocycles. The van der Waals surface area contributed by atoms with Gasteiger partial charge in [0.1, 0.15) is 11.5 Å². The Hall–Kier alpha value is -1.53. The summed E-state index contributed by atoms with van der Waals surface area (Å²) >= 11 is 0. The smallest absolute Gasteiger partial charge is 0.293 e. The second-order valence-electron chi connectivity index (χ2n) is 5.94. The third-order valence-electron chi connectivity index (χ3n) is 4.19. The molecule has 2 aromatic rings. The highest BCUT2D eigenvalue weighted by Gasteiger charge is 2.31. The minimum atomic E-state index is -0.947. The van der Waals surface area contributed by atoms with Crippen LogP contribution in [0.15, 0.2) is 48.5 Å². The molecule has 0 saturated heterocycles. The quantitative estimate of drug-likeness (QED) is 0.629. The molecule has 116 valence electrons. The van der Waals surface area contributed by atoms with Crippen LogP contribution in [0.3, 0.4) is 0 Å². The van der Waals surface area contributed by atoms with Gasteiger partial charge in [0, 0.05) is 0 Å². The number of benzene rings is 2. The third kappa shape index (κ3) is 3.62. The van der Waals surface area contributed by atoms with Gasteiger partial charge in [0.2, 0.25) is 0 Å². The molecule has 3 heteroatoms. The molecule has 0 radical (unpaired) electrons. The lowest BCUT2D eigenvalue weighted by Gasteiger charge is -2.25. The zero-order valence-corrected chi connectivity index (χ0v) is 14.2. The summed E-state index contributed by atoms with van der Waals surface area (Å²) in [4.78, 5) is 0. The van der Waals surface area contributed by atoms with E-state index in [1.54, 1.807) is 0 Å². The second-order valence-corrected chi connectivity index (χ2v) is 7.60. The van der Waals surface area contributed by atoms with Gasteiger partial charge < -0.3 is 9.05 Å². The van der Waals surface area contributed by atoms with E-state index in [0.29, 0.717) is 5.66 Å². The van der Waals surface area contributed by atoms with Crippen molar-refractivity contribution in [1.29, 1.82) is 0 Å². The van der Waals surface area contributed by atoms with Crippen molar-refractivity contribution in [2.75, 3.05) is 0 Å². The lowest BCUT2D eigenvalue weighted by molar-refractivity contribution is 0.469. The fourth-order valence-corrected chi connectivity index (χ4v) is 4.71. The van der Waals surface area contributed by atoms with Crippen molar-refractivity contribution < 1.29 is 9.05 Å². The number of hydrogen-bond donors (Lipinski definition) is 0. The van der Waals surface area contributed by atoms with Gasteiger partial charge in [-0.05, 0) is 49.9 Å². The molecule has 2 nitrogen and oxygen atoms in total. The zero-order valence-electron chi connectivity index (χ0n) is 13.3. The summed E-state index contributed by atoms with van der Waals surface area (Å²) in [5.41, 5.74) is 2.87. The molecule has 1 aliphatic carbocycles. The number of aryl methyl sites for hydroxylation is 2. The summed E-state index contributed by atoms with van der Waals surface area (Å²) < 4.78 is 12.7. The molecule has 0 N–H and O–H groups in total. The van der Waals surface area contributed by atoms with Crippen molar-refractivity contribution in [2.45, 2.75) is 45.2 Å². The normalized spacial score (nSPS) is 15.2. The van der Waals surface area contributed by atoms with E-state index in [2.05, 4.69) is 26.0 Å². The third-order valence-corrected chi connectivity index (χ3v) is 6.05. The van der Waals surface area contributed by atoms with Gasteiger partial charge in [0.25, 0.3) is 8.38 Å². The molecular weight excluding hydrogens is 291 g/mol. The number of para-hydroxylation sites is 2. The fraction of sp³-hybridized carbons (Fsp3) is 0.368. The van der Waals surface area contributed by atoms with E-state index in [4.69, 9.17) is 9.05 Å². The Balaban J connectivity index is 1.81. The van der Waals surface area contributed by atoms with Gasteiger partial charge in [0.15, 0.2) is 0 Å². The van der Waals surface area contributed by atoms with Gasteiger partial charge in [-0.3, -0.25) is 0 Å². The molecule has 0 unspecified atom stereocenters. The average Bonchev–Trinajstić information content (AvgIpc) is 3.05. The lowest BCUT2D eigenvalue weighted by Crippen LogP contribution is -2.09. The Labute approximate surface area is 134 Å². The Morgan fingerprint density at radius 3 is 1.68 bits per heavy atom. The fourth-order valence-electron chi connectivity index (χ4n) is 2.79. The first-order valence-corrected chi connectivity index (χ1v) is 9.25. The van der Waals surface area contributed by atoms with E-state index in [1.807, 2.05) is 36.4 Å². The van der Waals surface area contributed by atoms with Crippen molar-refractivity contribution in [3.8, 4) is 11.5 Å². The molecule has 0 spiro atoms. The van der Waals surface area contributed by atoms with Gasteiger partial charge in [-0.2, -0.15) is 0 Å². The molecule has 0 bridgehead atoms. The summed E-state index contributed by atoms with van der Waals surface area (Å²) in [5, 5.41) is 0. The lowest BCUT2D eigenvalue weighted by atomic mass is 10.2. The summed E-state index contributed by atoms with van der Waals surface area (Å²) in [5.74, 6) is 1.91. The van der Waals surface area contributed by atoms with Crippen LogP contribution in [0, 0.1) is 13.8 Å². The predicted molar refractivity (Wildman–Crippen MR) is 92.8 cm³/mol. The Morgan fingerprint density at radius 1 is 0.773 bits per heavy atom. The van der Waals surface area contributed by atoms with Crippen LogP contribution >= 0.6 is 8.38 Å². The Bertz CT molecular complexity index is 573. The van der Waals surface area contributed by atoms with Crippen LogP contribution in [-0.4, -0.2) is 5.66 Å². The maximum Gasteiger partial charge on any atom is 0.293 e. The van der Waals surface area contributed by atoms with Gasteiger partial charge in [0.05, 0.1) is 5.66 Å². The van der Waals surface area contributed by atoms with Crippen LogP contribution < -0.4 is 9.05 Å². The van der Waals surface area contributed by atoms with Crippen LogP contribution in [0.25, 0.3) is 0 Å². The predicted octanol–water partition coefficient (Wildman–Crippen LogP) is 6.02. The molecule has 2 aromatic carbocycles. The van der Waals surface area contributed by atoms with Crippen LogP contribution in [0.1, 0.15) is 36.8 Å². The topological polar surface area (TPSA) is 18.5 Å². The largest absolute Gasteiger partial charge is 0.438 e. The molecule has 0 heterocycles. The summed E-state index contributed by atoms with van der Waals surface area (Å²) in [6.45, 7) is 4.18. The monoisotopic (exact) mass is 314 g/mol. The van der Waals surface area contributed by atoms with Crippen molar-refractivity contribution in [2.24, 2.45) is 0 Å². The highest BCUT2D eigenvalue weighted by atomic mass is 31.2. The molecule has 0 aromatic heterocycles. The number of rotatable bonds is 5. The molecular formula is C19H23O2P. The van der Waals surface area contributed by atoms with E-state index in [1.165, 1.54) is 36.8 Å². The minimum Gasteiger partial charge on any atom is -0.438 e. The summed E-state index contributed by atoms with van der Waals surface area (Å²) in [7, 11) is -0.947. The van der Waals surface area contributed by atoms with E-state index in [9.17, 15) is 0 Å². The maximum absolute atomic E-state index is 6.33. The van der Waals surface area contributed by atoms with Crippen molar-refractivity contribution in [3.63, 3.8) is 0 Å². The van der Waals surface area contributed by atoms with Crippen molar-refractivity contribution >= 4 is 8.38 Å². The van der Waals surface area contributed by atoms with Crippen LogP contribution in [0.4, 0.5) is 0 Å². The molecule has 0 atom stereocenters. The highest BCUT2D eigenvalue weighted by molar-refractivity contribution is 7.49. The summed E-state index contributed by atoms with van der Waals surface area (Å²) in [6.07, 6.45) is 5.00. The van der Waals surface area contributed by atoms with E-state index in [-0.39, 0.29) is 0 Å². The molecule has 3 rings (SSSR count). The second kappa shape index (κ2) is 7.15. The minimum absolute atomic E-state index is 0.536. The first-order chi connectivity index (χ1) is 10.7. The van der Waals surface area contributed by atoms with Gasteiger partial charge >= 0.3 is 0 Å².